The van der Waals surface area contributed by atoms with Gasteiger partial charge < -0.3 is 15.5 Å². The lowest BCUT2D eigenvalue weighted by Gasteiger charge is -2.23. The Hall–Kier alpha value is -1.40. The van der Waals surface area contributed by atoms with Crippen molar-refractivity contribution < 1.29 is 0 Å². The molecule has 116 valence electrons. The zero-order chi connectivity index (χ0) is 15.2. The Balaban J connectivity index is 2.05. The highest BCUT2D eigenvalue weighted by Gasteiger charge is 2.10. The van der Waals surface area contributed by atoms with Gasteiger partial charge in [-0.1, -0.05) is 6.92 Å². The summed E-state index contributed by atoms with van der Waals surface area (Å²) in [6.07, 6.45) is 1.17. The maximum Gasteiger partial charge on any atom is 0.226 e. The molecule has 0 amide bonds. The van der Waals surface area contributed by atoms with E-state index in [0.29, 0.717) is 12.0 Å². The first-order valence-corrected chi connectivity index (χ1v) is 8.46. The van der Waals surface area contributed by atoms with Crippen LogP contribution in [0.15, 0.2) is 11.4 Å². The SMILES string of the molecule is CCNc1nc(NCCN(C)C(C)CC)c2ccsc2n1. The molecule has 2 aromatic heterocycles. The monoisotopic (exact) mass is 307 g/mol. The number of aromatic nitrogens is 2. The van der Waals surface area contributed by atoms with Crippen molar-refractivity contribution in [3.63, 3.8) is 0 Å². The van der Waals surface area contributed by atoms with Crippen molar-refractivity contribution in [3.8, 4) is 0 Å². The van der Waals surface area contributed by atoms with Gasteiger partial charge in [0.1, 0.15) is 10.6 Å². The Kier molecular flexibility index (Phi) is 5.76. The number of hydrogen-bond acceptors (Lipinski definition) is 6. The molecule has 2 heterocycles. The van der Waals surface area contributed by atoms with Gasteiger partial charge in [-0.2, -0.15) is 4.98 Å². The summed E-state index contributed by atoms with van der Waals surface area (Å²) in [4.78, 5) is 12.5. The molecule has 1 unspecified atom stereocenters. The number of nitrogens with one attached hydrogen (secondary N) is 2. The molecule has 0 fully saturated rings. The summed E-state index contributed by atoms with van der Waals surface area (Å²) in [6.45, 7) is 9.24. The van der Waals surface area contributed by atoms with Gasteiger partial charge in [0.15, 0.2) is 0 Å². The van der Waals surface area contributed by atoms with Crippen LogP contribution in [0, 0.1) is 0 Å². The Labute approximate surface area is 130 Å². The fourth-order valence-corrected chi connectivity index (χ4v) is 2.87. The molecule has 0 aliphatic rings. The molecule has 5 nitrogen and oxygen atoms in total. The maximum atomic E-state index is 4.58. The van der Waals surface area contributed by atoms with Crippen LogP contribution >= 0.6 is 11.3 Å². The van der Waals surface area contributed by atoms with Crippen LogP contribution < -0.4 is 10.6 Å². The molecule has 1 atom stereocenters. The third-order valence-electron chi connectivity index (χ3n) is 3.76. The van der Waals surface area contributed by atoms with Crippen LogP contribution in [0.1, 0.15) is 27.2 Å². The van der Waals surface area contributed by atoms with E-state index in [1.165, 1.54) is 6.42 Å². The molecular formula is C15H25N5S. The van der Waals surface area contributed by atoms with Crippen LogP contribution in [-0.4, -0.2) is 47.6 Å². The predicted octanol–water partition coefficient (Wildman–Crippen LogP) is 3.27. The summed E-state index contributed by atoms with van der Waals surface area (Å²) < 4.78 is 0. The van der Waals surface area contributed by atoms with E-state index in [4.69, 9.17) is 0 Å². The van der Waals surface area contributed by atoms with Gasteiger partial charge in [-0.25, -0.2) is 4.98 Å². The average Bonchev–Trinajstić information content (AvgIpc) is 2.95. The molecule has 2 aromatic rings. The average molecular weight is 307 g/mol. The van der Waals surface area contributed by atoms with Crippen molar-refractivity contribution >= 4 is 33.3 Å². The van der Waals surface area contributed by atoms with Crippen LogP contribution in [0.3, 0.4) is 0 Å². The minimum atomic E-state index is 0.607. The van der Waals surface area contributed by atoms with Crippen molar-refractivity contribution in [2.24, 2.45) is 0 Å². The Morgan fingerprint density at radius 3 is 2.81 bits per heavy atom. The summed E-state index contributed by atoms with van der Waals surface area (Å²) in [5, 5.41) is 9.81. The second kappa shape index (κ2) is 7.56. The largest absolute Gasteiger partial charge is 0.368 e. The smallest absolute Gasteiger partial charge is 0.226 e. The lowest BCUT2D eigenvalue weighted by molar-refractivity contribution is 0.261. The first-order valence-electron chi connectivity index (χ1n) is 7.58. The summed E-state index contributed by atoms with van der Waals surface area (Å²) >= 11 is 1.65. The summed E-state index contributed by atoms with van der Waals surface area (Å²) in [6, 6.07) is 2.69. The molecule has 2 N–H and O–H groups in total. The van der Waals surface area contributed by atoms with E-state index in [0.717, 1.165) is 35.7 Å². The molecule has 6 heteroatoms. The number of thiophene rings is 1. The zero-order valence-electron chi connectivity index (χ0n) is 13.3. The van der Waals surface area contributed by atoms with Crippen LogP contribution in [0.5, 0.6) is 0 Å². The molecule has 0 aliphatic heterocycles. The Morgan fingerprint density at radius 1 is 1.29 bits per heavy atom. The summed E-state index contributed by atoms with van der Waals surface area (Å²) in [7, 11) is 2.17. The zero-order valence-corrected chi connectivity index (χ0v) is 14.1. The van der Waals surface area contributed by atoms with Gasteiger partial charge in [0.2, 0.25) is 5.95 Å². The molecule has 0 radical (unpaired) electrons. The van der Waals surface area contributed by atoms with Crippen LogP contribution in [-0.2, 0) is 0 Å². The molecule has 0 bridgehead atoms. The number of nitrogens with zero attached hydrogens (tertiary/aromatic N) is 3. The predicted molar refractivity (Wildman–Crippen MR) is 92.5 cm³/mol. The van der Waals surface area contributed by atoms with Gasteiger partial charge in [-0.3, -0.25) is 0 Å². The minimum Gasteiger partial charge on any atom is -0.368 e. The van der Waals surface area contributed by atoms with E-state index in [9.17, 15) is 0 Å². The first kappa shape index (κ1) is 16.0. The number of fused-ring (bicyclic) bond motifs is 1. The van der Waals surface area contributed by atoms with Crippen molar-refractivity contribution in [2.75, 3.05) is 37.3 Å². The molecule has 0 aromatic carbocycles. The number of rotatable bonds is 8. The lowest BCUT2D eigenvalue weighted by Crippen LogP contribution is -2.32. The molecular weight excluding hydrogens is 282 g/mol. The number of likely N-dealkylation sites (N-methyl/N-ethyl adjacent to an activating group) is 1. The second-order valence-corrected chi connectivity index (χ2v) is 6.12. The standard InChI is InChI=1S/C15H25N5S/c1-5-11(3)20(4)9-8-17-13-12-7-10-21-14(12)19-15(18-13)16-6-2/h7,10-11H,5-6,8-9H2,1-4H3,(H2,16,17,18,19). The lowest BCUT2D eigenvalue weighted by atomic mass is 10.2. The second-order valence-electron chi connectivity index (χ2n) is 5.23. The van der Waals surface area contributed by atoms with E-state index in [-0.39, 0.29) is 0 Å². The van der Waals surface area contributed by atoms with E-state index in [1.54, 1.807) is 11.3 Å². The maximum absolute atomic E-state index is 4.58. The summed E-state index contributed by atoms with van der Waals surface area (Å²) in [5.74, 6) is 1.62. The van der Waals surface area contributed by atoms with Crippen molar-refractivity contribution in [1.29, 1.82) is 0 Å². The first-order chi connectivity index (χ1) is 10.2. The third kappa shape index (κ3) is 4.04. The van der Waals surface area contributed by atoms with Crippen molar-refractivity contribution in [2.45, 2.75) is 33.2 Å². The van der Waals surface area contributed by atoms with Gasteiger partial charge >= 0.3 is 0 Å². The molecule has 21 heavy (non-hydrogen) atoms. The van der Waals surface area contributed by atoms with Crippen LogP contribution in [0.2, 0.25) is 0 Å². The number of anilines is 2. The molecule has 0 aliphatic carbocycles. The Bertz CT molecular complexity index is 568. The fourth-order valence-electron chi connectivity index (χ4n) is 2.11. The van der Waals surface area contributed by atoms with Gasteiger partial charge in [0, 0.05) is 25.7 Å². The molecule has 0 saturated carbocycles. The van der Waals surface area contributed by atoms with E-state index < -0.39 is 0 Å². The van der Waals surface area contributed by atoms with Crippen LogP contribution in [0.4, 0.5) is 11.8 Å². The van der Waals surface area contributed by atoms with Gasteiger partial charge in [0.05, 0.1) is 5.39 Å². The summed E-state index contributed by atoms with van der Waals surface area (Å²) in [5.41, 5.74) is 0. The Morgan fingerprint density at radius 2 is 2.10 bits per heavy atom. The number of hydrogen-bond donors (Lipinski definition) is 2. The topological polar surface area (TPSA) is 53.1 Å². The highest BCUT2D eigenvalue weighted by atomic mass is 32.1. The highest BCUT2D eigenvalue weighted by molar-refractivity contribution is 7.16. The quantitative estimate of drug-likeness (QED) is 0.784. The van der Waals surface area contributed by atoms with Crippen LogP contribution in [0.25, 0.3) is 10.2 Å². The normalized spacial score (nSPS) is 12.8. The fraction of sp³-hybridized carbons (Fsp3) is 0.600. The van der Waals surface area contributed by atoms with Gasteiger partial charge in [0.25, 0.3) is 0 Å². The van der Waals surface area contributed by atoms with Crippen molar-refractivity contribution in [1.82, 2.24) is 14.9 Å². The third-order valence-corrected chi connectivity index (χ3v) is 4.57. The van der Waals surface area contributed by atoms with E-state index in [2.05, 4.69) is 64.8 Å². The van der Waals surface area contributed by atoms with E-state index >= 15 is 0 Å². The van der Waals surface area contributed by atoms with Gasteiger partial charge in [-0.15, -0.1) is 11.3 Å². The molecule has 2 rings (SSSR count). The molecule has 0 spiro atoms. The molecule has 0 saturated heterocycles. The van der Waals surface area contributed by atoms with Gasteiger partial charge in [-0.05, 0) is 38.8 Å². The minimum absolute atomic E-state index is 0.607. The highest BCUT2D eigenvalue weighted by Crippen LogP contribution is 2.26. The van der Waals surface area contributed by atoms with Crippen molar-refractivity contribution in [3.05, 3.63) is 11.4 Å². The van der Waals surface area contributed by atoms with E-state index in [1.807, 2.05) is 0 Å².